The van der Waals surface area contributed by atoms with Gasteiger partial charge in [0.25, 0.3) is 0 Å². The lowest BCUT2D eigenvalue weighted by Gasteiger charge is -2.04. The van der Waals surface area contributed by atoms with E-state index >= 15 is 0 Å². The summed E-state index contributed by atoms with van der Waals surface area (Å²) in [5, 5.41) is 13.6. The third kappa shape index (κ3) is 2.94. The molecule has 6 heteroatoms. The average Bonchev–Trinajstić information content (AvgIpc) is 3.08. The number of nitrogens with one attached hydrogen (secondary N) is 1. The van der Waals surface area contributed by atoms with Crippen LogP contribution in [0.1, 0.15) is 4.88 Å². The third-order valence-corrected chi connectivity index (χ3v) is 3.86. The maximum absolute atomic E-state index is 5.88. The summed E-state index contributed by atoms with van der Waals surface area (Å²) in [6, 6.07) is 9.81. The molecule has 0 saturated heterocycles. The summed E-state index contributed by atoms with van der Waals surface area (Å²) in [5.74, 6) is 0.525. The van der Waals surface area contributed by atoms with Gasteiger partial charge in [-0.3, -0.25) is 0 Å². The maximum Gasteiger partial charge on any atom is 0.247 e. The minimum Gasteiger partial charge on any atom is -0.423 e. The van der Waals surface area contributed by atoms with Gasteiger partial charge in [0.05, 0.1) is 5.02 Å². The van der Waals surface area contributed by atoms with Crippen molar-refractivity contribution in [2.45, 2.75) is 6.54 Å². The quantitative estimate of drug-likeness (QED) is 0.787. The van der Waals surface area contributed by atoms with Gasteiger partial charge in [-0.25, -0.2) is 0 Å². The number of halogens is 1. The molecule has 0 amide bonds. The molecule has 0 aliphatic rings. The fraction of sp³-hybridized carbons (Fsp3) is 0.0769. The van der Waals surface area contributed by atoms with Crippen LogP contribution in [0, 0.1) is 0 Å². The molecule has 0 unspecified atom stereocenters. The molecule has 2 aromatic heterocycles. The molecule has 3 aromatic rings. The van der Waals surface area contributed by atoms with E-state index in [2.05, 4.69) is 15.5 Å². The average molecular weight is 292 g/mol. The zero-order valence-corrected chi connectivity index (χ0v) is 11.4. The second-order valence-electron chi connectivity index (χ2n) is 3.91. The van der Waals surface area contributed by atoms with Gasteiger partial charge in [-0.05, 0) is 30.3 Å². The van der Waals surface area contributed by atoms with Crippen LogP contribution in [0.5, 0.6) is 0 Å². The van der Waals surface area contributed by atoms with Crippen LogP contribution < -0.4 is 5.32 Å². The van der Waals surface area contributed by atoms with Crippen molar-refractivity contribution >= 4 is 28.6 Å². The molecule has 96 valence electrons. The van der Waals surface area contributed by atoms with Crippen molar-refractivity contribution in [1.29, 1.82) is 0 Å². The van der Waals surface area contributed by atoms with Crippen molar-refractivity contribution in [1.82, 2.24) is 10.2 Å². The molecule has 4 nitrogen and oxygen atoms in total. The topological polar surface area (TPSA) is 51.0 Å². The summed E-state index contributed by atoms with van der Waals surface area (Å²) in [4.78, 5) is 1.20. The van der Waals surface area contributed by atoms with Gasteiger partial charge in [-0.1, -0.05) is 11.6 Å². The van der Waals surface area contributed by atoms with E-state index in [9.17, 15) is 0 Å². The Kier molecular flexibility index (Phi) is 3.48. The lowest BCUT2D eigenvalue weighted by Crippen LogP contribution is -1.96. The monoisotopic (exact) mass is 291 g/mol. The molecule has 0 radical (unpaired) electrons. The Labute approximate surface area is 119 Å². The molecular formula is C13H10ClN3OS. The zero-order chi connectivity index (χ0) is 13.1. The van der Waals surface area contributed by atoms with Gasteiger partial charge in [-0.15, -0.1) is 21.5 Å². The largest absolute Gasteiger partial charge is 0.423 e. The summed E-state index contributed by atoms with van der Waals surface area (Å²) in [6.07, 6.45) is 1.32. The minimum absolute atomic E-state index is 0.525. The molecule has 0 saturated carbocycles. The van der Waals surface area contributed by atoms with Gasteiger partial charge >= 0.3 is 0 Å². The van der Waals surface area contributed by atoms with Gasteiger partial charge in [0, 0.05) is 28.1 Å². The van der Waals surface area contributed by atoms with Crippen molar-refractivity contribution in [3.05, 3.63) is 52.0 Å². The standard InChI is InChI=1S/C13H10ClN3OS/c14-10-5-12(19-7-10)6-15-11-3-1-9(2-4-11)13-17-16-8-18-13/h1-5,7-8,15H,6H2. The van der Waals surface area contributed by atoms with Gasteiger partial charge in [0.15, 0.2) is 0 Å². The first-order chi connectivity index (χ1) is 9.31. The third-order valence-electron chi connectivity index (χ3n) is 2.58. The molecule has 0 aliphatic heterocycles. The van der Waals surface area contributed by atoms with E-state index in [0.717, 1.165) is 22.8 Å². The number of anilines is 1. The molecule has 0 aliphatic carbocycles. The van der Waals surface area contributed by atoms with Gasteiger partial charge in [0.1, 0.15) is 0 Å². The second-order valence-corrected chi connectivity index (χ2v) is 5.34. The van der Waals surface area contributed by atoms with Crippen LogP contribution in [-0.2, 0) is 6.54 Å². The lowest BCUT2D eigenvalue weighted by atomic mass is 10.2. The Morgan fingerprint density at radius 1 is 1.26 bits per heavy atom. The number of benzene rings is 1. The van der Waals surface area contributed by atoms with E-state index in [1.54, 1.807) is 11.3 Å². The highest BCUT2D eigenvalue weighted by atomic mass is 35.5. The highest BCUT2D eigenvalue weighted by Crippen LogP contribution is 2.22. The number of nitrogens with zero attached hydrogens (tertiary/aromatic N) is 2. The van der Waals surface area contributed by atoms with Crippen molar-refractivity contribution in [3.8, 4) is 11.5 Å². The van der Waals surface area contributed by atoms with E-state index in [0.29, 0.717) is 5.89 Å². The van der Waals surface area contributed by atoms with Crippen LogP contribution in [0.3, 0.4) is 0 Å². The van der Waals surface area contributed by atoms with Crippen LogP contribution >= 0.6 is 22.9 Å². The van der Waals surface area contributed by atoms with Crippen molar-refractivity contribution in [2.75, 3.05) is 5.32 Å². The number of thiophene rings is 1. The first-order valence-corrected chi connectivity index (χ1v) is 6.90. The number of hydrogen-bond donors (Lipinski definition) is 1. The van der Waals surface area contributed by atoms with E-state index in [4.69, 9.17) is 16.0 Å². The number of rotatable bonds is 4. The van der Waals surface area contributed by atoms with E-state index < -0.39 is 0 Å². The summed E-state index contributed by atoms with van der Waals surface area (Å²) in [7, 11) is 0. The molecule has 19 heavy (non-hydrogen) atoms. The highest BCUT2D eigenvalue weighted by Gasteiger charge is 2.03. The van der Waals surface area contributed by atoms with Gasteiger partial charge in [-0.2, -0.15) is 0 Å². The Morgan fingerprint density at radius 2 is 2.11 bits per heavy atom. The van der Waals surface area contributed by atoms with Crippen LogP contribution in [0.4, 0.5) is 5.69 Å². The lowest BCUT2D eigenvalue weighted by molar-refractivity contribution is 0.568. The van der Waals surface area contributed by atoms with Crippen molar-refractivity contribution < 1.29 is 4.42 Å². The molecule has 2 heterocycles. The SMILES string of the molecule is Clc1csc(CNc2ccc(-c3nnco3)cc2)c1. The number of aromatic nitrogens is 2. The maximum atomic E-state index is 5.88. The molecule has 0 spiro atoms. The minimum atomic E-state index is 0.525. The molecule has 3 rings (SSSR count). The van der Waals surface area contributed by atoms with E-state index in [1.165, 1.54) is 11.3 Å². The van der Waals surface area contributed by atoms with E-state index in [1.807, 2.05) is 35.7 Å². The van der Waals surface area contributed by atoms with Crippen molar-refractivity contribution in [2.24, 2.45) is 0 Å². The first-order valence-electron chi connectivity index (χ1n) is 5.64. The van der Waals surface area contributed by atoms with Crippen molar-refractivity contribution in [3.63, 3.8) is 0 Å². The normalized spacial score (nSPS) is 10.6. The van der Waals surface area contributed by atoms with Gasteiger partial charge in [0.2, 0.25) is 12.3 Å². The molecule has 0 bridgehead atoms. The predicted octanol–water partition coefficient (Wildman–Crippen LogP) is 4.06. The van der Waals surface area contributed by atoms with E-state index in [-0.39, 0.29) is 0 Å². The molecule has 0 fully saturated rings. The molecule has 1 N–H and O–H groups in total. The molecule has 1 aromatic carbocycles. The number of hydrogen-bond acceptors (Lipinski definition) is 5. The Bertz CT molecular complexity index is 649. The first kappa shape index (κ1) is 12.2. The highest BCUT2D eigenvalue weighted by molar-refractivity contribution is 7.10. The van der Waals surface area contributed by atoms with Crippen LogP contribution in [0.2, 0.25) is 5.02 Å². The van der Waals surface area contributed by atoms with Crippen LogP contribution in [-0.4, -0.2) is 10.2 Å². The smallest absolute Gasteiger partial charge is 0.247 e. The van der Waals surface area contributed by atoms with Crippen LogP contribution in [0.25, 0.3) is 11.5 Å². The Morgan fingerprint density at radius 3 is 2.74 bits per heavy atom. The van der Waals surface area contributed by atoms with Crippen LogP contribution in [0.15, 0.2) is 46.5 Å². The summed E-state index contributed by atoms with van der Waals surface area (Å²) >= 11 is 7.52. The Balaban J connectivity index is 1.66. The fourth-order valence-electron chi connectivity index (χ4n) is 1.67. The summed E-state index contributed by atoms with van der Waals surface area (Å²) < 4.78 is 5.14. The fourth-order valence-corrected chi connectivity index (χ4v) is 2.68. The molecule has 0 atom stereocenters. The van der Waals surface area contributed by atoms with Gasteiger partial charge < -0.3 is 9.73 Å². The summed E-state index contributed by atoms with van der Waals surface area (Å²) in [6.45, 7) is 0.761. The second kappa shape index (κ2) is 5.42. The predicted molar refractivity (Wildman–Crippen MR) is 76.4 cm³/mol. The summed E-state index contributed by atoms with van der Waals surface area (Å²) in [5.41, 5.74) is 1.94. The zero-order valence-electron chi connectivity index (χ0n) is 9.84. The molecular weight excluding hydrogens is 282 g/mol. The Hall–Kier alpha value is -1.85.